The van der Waals surface area contributed by atoms with Crippen molar-refractivity contribution < 1.29 is 84.9 Å². The highest BCUT2D eigenvalue weighted by atomic mass is 19.4. The maximum atomic E-state index is 13.7. The van der Waals surface area contributed by atoms with E-state index < -0.39 is 66.8 Å². The summed E-state index contributed by atoms with van der Waals surface area (Å²) < 4.78 is 205. The molecule has 0 atom stereocenters. The van der Waals surface area contributed by atoms with E-state index in [1.165, 1.54) is 12.1 Å². The van der Waals surface area contributed by atoms with E-state index in [0.29, 0.717) is 0 Å². The monoisotopic (exact) mass is 604 g/mol. The molecule has 0 unspecified atom stereocenters. The van der Waals surface area contributed by atoms with Gasteiger partial charge in [0.1, 0.15) is 19.0 Å². The van der Waals surface area contributed by atoms with Gasteiger partial charge in [-0.2, -0.15) is 65.9 Å². The van der Waals surface area contributed by atoms with Crippen LogP contribution in [0.5, 0.6) is 5.75 Å². The van der Waals surface area contributed by atoms with Crippen molar-refractivity contribution in [2.45, 2.75) is 55.6 Å². The second-order valence-corrected chi connectivity index (χ2v) is 7.97. The van der Waals surface area contributed by atoms with E-state index in [1.807, 2.05) is 0 Å². The lowest BCUT2D eigenvalue weighted by molar-refractivity contribution is -0.450. The zero-order chi connectivity index (χ0) is 31.0. The quantitative estimate of drug-likeness (QED) is 0.114. The van der Waals surface area contributed by atoms with Crippen LogP contribution in [0.2, 0.25) is 0 Å². The second-order valence-electron chi connectivity index (χ2n) is 7.97. The highest BCUT2D eigenvalue weighted by Gasteiger charge is 2.94. The first-order valence-corrected chi connectivity index (χ1v) is 9.99. The van der Waals surface area contributed by atoms with Crippen molar-refractivity contribution in [3.63, 3.8) is 0 Å². The predicted octanol–water partition coefficient (Wildman–Crippen LogP) is 6.82. The first-order valence-electron chi connectivity index (χ1n) is 9.99. The number of ether oxygens (including phenoxy) is 2. The standard InChI is InChI=1S/C20H15F15O4/c1-9(2)12(36)10-3-5-11(6-4-10)38-7-8-39-13(37)14(21,22)15(23,24)16(25,26)17(27,28)18(29,30)19(31,32)20(33,34)35/h3-6,9H,7-8H2,1-2H3. The third kappa shape index (κ3) is 5.71. The Bertz CT molecular complexity index is 1030. The number of carbonyl (C=O) groups excluding carboxylic acids is 2. The minimum absolute atomic E-state index is 0.151. The first-order chi connectivity index (χ1) is 17.2. The van der Waals surface area contributed by atoms with Gasteiger partial charge in [0.15, 0.2) is 5.78 Å². The summed E-state index contributed by atoms with van der Waals surface area (Å²) in [4.78, 5) is 23.0. The number of ketones is 1. The van der Waals surface area contributed by atoms with Crippen LogP contribution >= 0.6 is 0 Å². The van der Waals surface area contributed by atoms with Gasteiger partial charge in [0, 0.05) is 11.5 Å². The fraction of sp³-hybridized carbons (Fsp3) is 0.600. The second kappa shape index (κ2) is 10.6. The van der Waals surface area contributed by atoms with Crippen molar-refractivity contribution in [3.05, 3.63) is 29.8 Å². The van der Waals surface area contributed by atoms with E-state index >= 15 is 0 Å². The van der Waals surface area contributed by atoms with Gasteiger partial charge in [-0.1, -0.05) is 13.8 Å². The predicted molar refractivity (Wildman–Crippen MR) is 97.8 cm³/mol. The Morgan fingerprint density at radius 3 is 1.46 bits per heavy atom. The van der Waals surface area contributed by atoms with Gasteiger partial charge < -0.3 is 9.47 Å². The molecule has 19 heteroatoms. The topological polar surface area (TPSA) is 52.6 Å². The van der Waals surface area contributed by atoms with Gasteiger partial charge in [0.2, 0.25) is 0 Å². The number of carbonyl (C=O) groups is 2. The van der Waals surface area contributed by atoms with E-state index in [2.05, 4.69) is 4.74 Å². The van der Waals surface area contributed by atoms with Gasteiger partial charge >= 0.3 is 47.7 Å². The van der Waals surface area contributed by atoms with Crippen LogP contribution in [-0.2, 0) is 9.53 Å². The van der Waals surface area contributed by atoms with Crippen LogP contribution in [-0.4, -0.2) is 66.7 Å². The summed E-state index contributed by atoms with van der Waals surface area (Å²) in [5.41, 5.74) is 0.196. The number of hydrogen-bond donors (Lipinski definition) is 0. The van der Waals surface area contributed by atoms with E-state index in [-0.39, 0.29) is 17.1 Å². The Labute approximate surface area is 208 Å². The Morgan fingerprint density at radius 2 is 1.05 bits per heavy atom. The highest BCUT2D eigenvalue weighted by molar-refractivity contribution is 5.97. The summed E-state index contributed by atoms with van der Waals surface area (Å²) in [6, 6.07) is 4.69. The zero-order valence-corrected chi connectivity index (χ0v) is 19.1. The van der Waals surface area contributed by atoms with Crippen LogP contribution in [0.15, 0.2) is 24.3 Å². The Hall–Kier alpha value is -2.89. The van der Waals surface area contributed by atoms with Crippen LogP contribution in [0.4, 0.5) is 65.9 Å². The Balaban J connectivity index is 3.04. The summed E-state index contributed by atoms with van der Waals surface area (Å²) in [7, 11) is 0. The first kappa shape index (κ1) is 34.1. The van der Waals surface area contributed by atoms with E-state index in [0.717, 1.165) is 12.1 Å². The van der Waals surface area contributed by atoms with E-state index in [1.54, 1.807) is 13.8 Å². The summed E-state index contributed by atoms with van der Waals surface area (Å²) in [5, 5.41) is 0. The average molecular weight is 604 g/mol. The number of Topliss-reactive ketones (excluding diaryl/α,β-unsaturated/α-hetero) is 1. The summed E-state index contributed by atoms with van der Waals surface area (Å²) in [6.45, 7) is 0.635. The fourth-order valence-electron chi connectivity index (χ4n) is 2.53. The van der Waals surface area contributed by atoms with Crippen molar-refractivity contribution in [2.75, 3.05) is 13.2 Å². The van der Waals surface area contributed by atoms with Crippen LogP contribution in [0, 0.1) is 5.92 Å². The molecule has 39 heavy (non-hydrogen) atoms. The minimum Gasteiger partial charge on any atom is -0.490 e. The number of benzene rings is 1. The molecule has 0 aliphatic heterocycles. The molecule has 0 amide bonds. The molecule has 0 aliphatic rings. The van der Waals surface area contributed by atoms with Gasteiger partial charge in [0.05, 0.1) is 0 Å². The lowest BCUT2D eigenvalue weighted by Gasteiger charge is -2.40. The lowest BCUT2D eigenvalue weighted by atomic mass is 9.91. The molecule has 0 aromatic heterocycles. The highest BCUT2D eigenvalue weighted by Crippen LogP contribution is 2.62. The molecule has 0 saturated carbocycles. The fourth-order valence-corrected chi connectivity index (χ4v) is 2.53. The third-order valence-corrected chi connectivity index (χ3v) is 4.83. The van der Waals surface area contributed by atoms with Gasteiger partial charge in [0.25, 0.3) is 0 Å². The lowest BCUT2D eigenvalue weighted by Crippen LogP contribution is -2.73. The molecule has 0 N–H and O–H groups in total. The third-order valence-electron chi connectivity index (χ3n) is 4.83. The maximum absolute atomic E-state index is 13.7. The van der Waals surface area contributed by atoms with Crippen LogP contribution < -0.4 is 4.74 Å². The number of hydrogen-bond acceptors (Lipinski definition) is 4. The molecule has 0 fully saturated rings. The largest absolute Gasteiger partial charge is 0.490 e. The molecular formula is C20H15F15O4. The van der Waals surface area contributed by atoms with Gasteiger partial charge in [-0.3, -0.25) is 4.79 Å². The SMILES string of the molecule is CC(C)C(=O)c1ccc(OCCOC(=O)C(F)(F)C(F)(F)C(F)(F)C(F)(F)C(F)(F)C(F)(F)C(F)(F)F)cc1. The molecule has 1 aromatic carbocycles. The van der Waals surface area contributed by atoms with Crippen LogP contribution in [0.25, 0.3) is 0 Å². The molecular weight excluding hydrogens is 589 g/mol. The average Bonchev–Trinajstić information content (AvgIpc) is 2.80. The molecule has 0 saturated heterocycles. The molecule has 1 aromatic rings. The van der Waals surface area contributed by atoms with Crippen LogP contribution in [0.1, 0.15) is 24.2 Å². The summed E-state index contributed by atoms with van der Waals surface area (Å²) in [5.74, 6) is -53.2. The minimum atomic E-state index is -8.50. The van der Waals surface area contributed by atoms with Gasteiger partial charge in [-0.05, 0) is 24.3 Å². The van der Waals surface area contributed by atoms with Gasteiger partial charge in [-0.25, -0.2) is 4.79 Å². The molecule has 1 rings (SSSR count). The van der Waals surface area contributed by atoms with Gasteiger partial charge in [-0.15, -0.1) is 0 Å². The molecule has 0 heterocycles. The molecule has 224 valence electrons. The maximum Gasteiger partial charge on any atom is 0.460 e. The molecule has 4 nitrogen and oxygen atoms in total. The smallest absolute Gasteiger partial charge is 0.460 e. The number of rotatable bonds is 12. The normalized spacial score (nSPS) is 14.4. The van der Waals surface area contributed by atoms with Crippen molar-refractivity contribution in [1.82, 2.24) is 0 Å². The van der Waals surface area contributed by atoms with Crippen molar-refractivity contribution in [2.24, 2.45) is 5.92 Å². The molecule has 0 radical (unpaired) electrons. The van der Waals surface area contributed by atoms with Crippen LogP contribution in [0.3, 0.4) is 0 Å². The number of halogens is 15. The zero-order valence-electron chi connectivity index (χ0n) is 19.1. The number of alkyl halides is 15. The van der Waals surface area contributed by atoms with E-state index in [4.69, 9.17) is 4.74 Å². The van der Waals surface area contributed by atoms with Crippen molar-refractivity contribution in [3.8, 4) is 5.75 Å². The Kier molecular flexibility index (Phi) is 9.27. The summed E-state index contributed by atoms with van der Waals surface area (Å²) in [6.07, 6.45) is -7.73. The number of esters is 1. The Morgan fingerprint density at radius 1 is 0.641 bits per heavy atom. The molecule has 0 bridgehead atoms. The van der Waals surface area contributed by atoms with E-state index in [9.17, 15) is 75.4 Å². The molecule has 0 aliphatic carbocycles. The van der Waals surface area contributed by atoms with Crippen molar-refractivity contribution in [1.29, 1.82) is 0 Å². The molecule has 0 spiro atoms. The van der Waals surface area contributed by atoms with Crippen molar-refractivity contribution >= 4 is 11.8 Å². The summed E-state index contributed by atoms with van der Waals surface area (Å²) >= 11 is 0.